The summed E-state index contributed by atoms with van der Waals surface area (Å²) < 4.78 is 12.9. The third-order valence-corrected chi connectivity index (χ3v) is 3.74. The maximum absolute atomic E-state index is 12.9. The Morgan fingerprint density at radius 2 is 1.71 bits per heavy atom. The average Bonchev–Trinajstić information content (AvgIpc) is 2.48. The third kappa shape index (κ3) is 5.12. The molecule has 0 radical (unpaired) electrons. The number of nitrogens with zero attached hydrogens (tertiary/aromatic N) is 1. The molecule has 1 unspecified atom stereocenters. The predicted octanol–water partition coefficient (Wildman–Crippen LogP) is 4.00. The molecule has 0 aliphatic carbocycles. The van der Waals surface area contributed by atoms with Crippen molar-refractivity contribution in [2.45, 2.75) is 19.0 Å². The van der Waals surface area contributed by atoms with Gasteiger partial charge in [0, 0.05) is 17.6 Å². The fraction of sp³-hybridized carbons (Fsp3) is 0.294. The first-order valence-corrected chi connectivity index (χ1v) is 7.36. The van der Waals surface area contributed by atoms with E-state index in [1.165, 1.54) is 17.7 Å². The van der Waals surface area contributed by atoms with Crippen molar-refractivity contribution in [3.8, 4) is 0 Å². The number of nitrogens with two attached hydrogens (primary N) is 1. The third-order valence-electron chi connectivity index (χ3n) is 3.49. The zero-order chi connectivity index (χ0) is 15.2. The van der Waals surface area contributed by atoms with E-state index in [2.05, 4.69) is 11.9 Å². The Kier molecular flexibility index (Phi) is 5.74. The van der Waals surface area contributed by atoms with Gasteiger partial charge in [-0.15, -0.1) is 0 Å². The molecule has 0 spiro atoms. The van der Waals surface area contributed by atoms with Crippen LogP contribution in [-0.2, 0) is 6.54 Å². The number of halogens is 2. The van der Waals surface area contributed by atoms with Gasteiger partial charge in [-0.2, -0.15) is 0 Å². The molecule has 4 heteroatoms. The molecule has 0 bridgehead atoms. The van der Waals surface area contributed by atoms with Crippen LogP contribution in [-0.4, -0.2) is 18.5 Å². The van der Waals surface area contributed by atoms with Crippen molar-refractivity contribution in [3.05, 3.63) is 70.5 Å². The zero-order valence-electron chi connectivity index (χ0n) is 12.1. The maximum Gasteiger partial charge on any atom is 0.123 e. The largest absolute Gasteiger partial charge is 0.324 e. The highest BCUT2D eigenvalue weighted by atomic mass is 35.5. The summed E-state index contributed by atoms with van der Waals surface area (Å²) >= 11 is 5.87. The van der Waals surface area contributed by atoms with Crippen LogP contribution in [0.1, 0.15) is 23.6 Å². The van der Waals surface area contributed by atoms with Crippen LogP contribution in [0.25, 0.3) is 0 Å². The second-order valence-corrected chi connectivity index (χ2v) is 5.75. The summed E-state index contributed by atoms with van der Waals surface area (Å²) in [5, 5.41) is 0.750. The van der Waals surface area contributed by atoms with E-state index >= 15 is 0 Å². The van der Waals surface area contributed by atoms with Crippen molar-refractivity contribution in [2.24, 2.45) is 5.73 Å². The Hall–Kier alpha value is -1.42. The van der Waals surface area contributed by atoms with Gasteiger partial charge in [0.25, 0.3) is 0 Å². The lowest BCUT2D eigenvalue weighted by molar-refractivity contribution is 0.311. The molecule has 2 N–H and O–H groups in total. The monoisotopic (exact) mass is 306 g/mol. The molecule has 0 saturated carbocycles. The summed E-state index contributed by atoms with van der Waals surface area (Å²) in [6, 6.07) is 14.2. The van der Waals surface area contributed by atoms with Gasteiger partial charge in [-0.3, -0.25) is 0 Å². The van der Waals surface area contributed by atoms with Crippen molar-refractivity contribution in [1.82, 2.24) is 4.90 Å². The highest BCUT2D eigenvalue weighted by Crippen LogP contribution is 2.16. The van der Waals surface area contributed by atoms with E-state index in [0.717, 1.165) is 30.1 Å². The maximum atomic E-state index is 12.9. The summed E-state index contributed by atoms with van der Waals surface area (Å²) in [4.78, 5) is 2.21. The minimum absolute atomic E-state index is 0.0710. The van der Waals surface area contributed by atoms with Gasteiger partial charge in [0.05, 0.1) is 0 Å². The molecule has 0 aliphatic heterocycles. The minimum Gasteiger partial charge on any atom is -0.324 e. The van der Waals surface area contributed by atoms with Gasteiger partial charge < -0.3 is 10.6 Å². The first-order chi connectivity index (χ1) is 10.0. The van der Waals surface area contributed by atoms with Gasteiger partial charge >= 0.3 is 0 Å². The standard InChI is InChI=1S/C17H20ClFN2/c1-21(12-13-2-6-15(18)7-3-13)11-10-17(20)14-4-8-16(19)9-5-14/h2-9,17H,10-12,20H2,1H3. The fourth-order valence-electron chi connectivity index (χ4n) is 2.22. The Bertz CT molecular complexity index is 554. The number of benzene rings is 2. The molecule has 0 heterocycles. The Morgan fingerprint density at radius 3 is 2.33 bits per heavy atom. The van der Waals surface area contributed by atoms with Crippen molar-refractivity contribution < 1.29 is 4.39 Å². The first-order valence-electron chi connectivity index (χ1n) is 6.98. The van der Waals surface area contributed by atoms with Crippen molar-refractivity contribution in [3.63, 3.8) is 0 Å². The molecular weight excluding hydrogens is 287 g/mol. The van der Waals surface area contributed by atoms with E-state index in [-0.39, 0.29) is 11.9 Å². The molecule has 2 rings (SSSR count). The number of hydrogen-bond acceptors (Lipinski definition) is 2. The van der Waals surface area contributed by atoms with Crippen molar-refractivity contribution in [1.29, 1.82) is 0 Å². The van der Waals surface area contributed by atoms with Gasteiger partial charge in [-0.25, -0.2) is 4.39 Å². The van der Waals surface area contributed by atoms with Crippen LogP contribution in [0.5, 0.6) is 0 Å². The van der Waals surface area contributed by atoms with Gasteiger partial charge in [-0.1, -0.05) is 35.9 Å². The van der Waals surface area contributed by atoms with Crippen LogP contribution in [0.4, 0.5) is 4.39 Å². The van der Waals surface area contributed by atoms with Crippen LogP contribution < -0.4 is 5.73 Å². The normalized spacial score (nSPS) is 12.6. The highest BCUT2D eigenvalue weighted by molar-refractivity contribution is 6.30. The molecule has 0 saturated heterocycles. The van der Waals surface area contributed by atoms with E-state index in [4.69, 9.17) is 17.3 Å². The lowest BCUT2D eigenvalue weighted by Crippen LogP contribution is -2.23. The van der Waals surface area contributed by atoms with E-state index in [9.17, 15) is 4.39 Å². The molecule has 112 valence electrons. The Balaban J connectivity index is 1.81. The number of hydrogen-bond donors (Lipinski definition) is 1. The zero-order valence-corrected chi connectivity index (χ0v) is 12.9. The molecular formula is C17H20ClFN2. The van der Waals surface area contributed by atoms with E-state index < -0.39 is 0 Å². The molecule has 21 heavy (non-hydrogen) atoms. The van der Waals surface area contributed by atoms with Gasteiger partial charge in [0.1, 0.15) is 5.82 Å². The Labute approximate surface area is 130 Å². The molecule has 2 nitrogen and oxygen atoms in total. The van der Waals surface area contributed by atoms with Crippen LogP contribution in [0.2, 0.25) is 5.02 Å². The highest BCUT2D eigenvalue weighted by Gasteiger charge is 2.08. The van der Waals surface area contributed by atoms with Gasteiger partial charge in [0.15, 0.2) is 0 Å². The summed E-state index contributed by atoms with van der Waals surface area (Å²) in [5.41, 5.74) is 8.33. The second-order valence-electron chi connectivity index (χ2n) is 5.31. The SMILES string of the molecule is CN(CCC(N)c1ccc(F)cc1)Cc1ccc(Cl)cc1. The average molecular weight is 307 g/mol. The first kappa shape index (κ1) is 16.0. The molecule has 2 aromatic rings. The Morgan fingerprint density at radius 1 is 1.10 bits per heavy atom. The van der Waals surface area contributed by atoms with Gasteiger partial charge in [-0.05, 0) is 55.4 Å². The molecule has 0 aromatic heterocycles. The fourth-order valence-corrected chi connectivity index (χ4v) is 2.34. The molecule has 0 aliphatic rings. The van der Waals surface area contributed by atoms with E-state index in [0.29, 0.717) is 0 Å². The quantitative estimate of drug-likeness (QED) is 0.874. The van der Waals surface area contributed by atoms with Crippen LogP contribution >= 0.6 is 11.6 Å². The summed E-state index contributed by atoms with van der Waals surface area (Å²) in [5.74, 6) is -0.231. The van der Waals surface area contributed by atoms with Gasteiger partial charge in [0.2, 0.25) is 0 Å². The van der Waals surface area contributed by atoms with E-state index in [1.807, 2.05) is 24.3 Å². The molecule has 2 aromatic carbocycles. The summed E-state index contributed by atoms with van der Waals surface area (Å²) in [6.07, 6.45) is 0.829. The minimum atomic E-state index is -0.231. The van der Waals surface area contributed by atoms with Crippen LogP contribution in [0, 0.1) is 5.82 Å². The molecule has 1 atom stereocenters. The van der Waals surface area contributed by atoms with E-state index in [1.54, 1.807) is 12.1 Å². The smallest absolute Gasteiger partial charge is 0.123 e. The lowest BCUT2D eigenvalue weighted by Gasteiger charge is -2.19. The lowest BCUT2D eigenvalue weighted by atomic mass is 10.0. The molecule has 0 fully saturated rings. The van der Waals surface area contributed by atoms with Crippen LogP contribution in [0.15, 0.2) is 48.5 Å². The van der Waals surface area contributed by atoms with Crippen molar-refractivity contribution >= 4 is 11.6 Å². The predicted molar refractivity (Wildman–Crippen MR) is 85.7 cm³/mol. The topological polar surface area (TPSA) is 29.3 Å². The molecule has 0 amide bonds. The summed E-state index contributed by atoms with van der Waals surface area (Å²) in [7, 11) is 2.06. The van der Waals surface area contributed by atoms with Crippen molar-refractivity contribution in [2.75, 3.05) is 13.6 Å². The number of rotatable bonds is 6. The van der Waals surface area contributed by atoms with Crippen LogP contribution in [0.3, 0.4) is 0 Å². The second kappa shape index (κ2) is 7.55. The summed E-state index contributed by atoms with van der Waals surface area (Å²) in [6.45, 7) is 1.73.